The van der Waals surface area contributed by atoms with Gasteiger partial charge < -0.3 is 15.4 Å². The maximum absolute atomic E-state index is 12.9. The summed E-state index contributed by atoms with van der Waals surface area (Å²) >= 11 is 0. The van der Waals surface area contributed by atoms with Gasteiger partial charge in [0.25, 0.3) is 11.5 Å². The fourth-order valence-electron chi connectivity index (χ4n) is 3.87. The molecule has 0 saturated carbocycles. The van der Waals surface area contributed by atoms with E-state index in [9.17, 15) is 22.8 Å². The van der Waals surface area contributed by atoms with Crippen molar-refractivity contribution in [2.75, 3.05) is 19.3 Å². The molecule has 36 heavy (non-hydrogen) atoms. The minimum atomic E-state index is -5.26. The molecule has 3 heterocycles. The Bertz CT molecular complexity index is 1430. The van der Waals surface area contributed by atoms with E-state index in [1.165, 1.54) is 11.9 Å². The van der Waals surface area contributed by atoms with E-state index in [2.05, 4.69) is 26.5 Å². The van der Waals surface area contributed by atoms with Crippen LogP contribution in [0.2, 0.25) is 0 Å². The molecule has 8 nitrogen and oxygen atoms in total. The second kappa shape index (κ2) is 9.11. The van der Waals surface area contributed by atoms with Gasteiger partial charge in [-0.15, -0.1) is 0 Å². The molecule has 1 aromatic carbocycles. The molecule has 0 radical (unpaired) electrons. The molecule has 1 aliphatic rings. The van der Waals surface area contributed by atoms with Gasteiger partial charge in [-0.25, -0.2) is 19.7 Å². The van der Waals surface area contributed by atoms with Crippen LogP contribution in [0.4, 0.5) is 19.0 Å². The van der Waals surface area contributed by atoms with Gasteiger partial charge in [0.05, 0.1) is 5.69 Å². The average Bonchev–Trinajstić information content (AvgIpc) is 3.11. The number of hydrogen-bond acceptors (Lipinski definition) is 7. The Labute approximate surface area is 204 Å². The zero-order chi connectivity index (χ0) is 26.3. The Hall–Kier alpha value is -4.20. The van der Waals surface area contributed by atoms with Gasteiger partial charge in [0.15, 0.2) is 5.82 Å². The van der Waals surface area contributed by atoms with Crippen molar-refractivity contribution in [3.63, 3.8) is 0 Å². The molecule has 1 amide bonds. The number of ether oxygens (including phenoxy) is 1. The molecule has 0 spiro atoms. The molecule has 1 aliphatic heterocycles. The zero-order valence-electron chi connectivity index (χ0n) is 19.7. The molecule has 0 bridgehead atoms. The van der Waals surface area contributed by atoms with Crippen molar-refractivity contribution in [1.82, 2.24) is 19.9 Å². The van der Waals surface area contributed by atoms with Crippen LogP contribution in [-0.4, -0.2) is 57.1 Å². The largest absolute Gasteiger partial charge is 0.490 e. The third kappa shape index (κ3) is 4.66. The van der Waals surface area contributed by atoms with Crippen molar-refractivity contribution >= 4 is 28.6 Å². The molecule has 4 rings (SSSR count). The van der Waals surface area contributed by atoms with E-state index >= 15 is 0 Å². The Morgan fingerprint density at radius 2 is 2.00 bits per heavy atom. The first kappa shape index (κ1) is 24.9. The molecular formula is C25H22F3N5O3. The first-order valence-corrected chi connectivity index (χ1v) is 11.0. The van der Waals surface area contributed by atoms with Crippen molar-refractivity contribution in [1.29, 1.82) is 0 Å². The van der Waals surface area contributed by atoms with Gasteiger partial charge in [-0.3, -0.25) is 4.79 Å². The van der Waals surface area contributed by atoms with Crippen LogP contribution in [0, 0.1) is 11.8 Å². The monoisotopic (exact) mass is 497 g/mol. The smallest absolute Gasteiger partial charge is 0.429 e. The lowest BCUT2D eigenvalue weighted by Crippen LogP contribution is -2.45. The van der Waals surface area contributed by atoms with E-state index in [-0.39, 0.29) is 24.7 Å². The van der Waals surface area contributed by atoms with Crippen LogP contribution in [0.3, 0.4) is 0 Å². The molecule has 186 valence electrons. The maximum Gasteiger partial charge on any atom is 0.490 e. The number of nitrogens with two attached hydrogens (primary N) is 1. The number of halogens is 3. The first-order valence-electron chi connectivity index (χ1n) is 11.0. The number of nitrogen functional groups attached to an aromatic ring is 1. The average molecular weight is 497 g/mol. The number of benzene rings is 1. The minimum absolute atomic E-state index is 0.0626. The van der Waals surface area contributed by atoms with Gasteiger partial charge in [-0.1, -0.05) is 31.9 Å². The highest BCUT2D eigenvalue weighted by atomic mass is 19.4. The highest BCUT2D eigenvalue weighted by molar-refractivity contribution is 5.94. The summed E-state index contributed by atoms with van der Waals surface area (Å²) in [4.78, 5) is 38.7. The summed E-state index contributed by atoms with van der Waals surface area (Å²) < 4.78 is 43.2. The number of likely N-dealkylation sites (N-methyl/N-ethyl adjacent to an activating group) is 1. The minimum Gasteiger partial charge on any atom is -0.429 e. The van der Waals surface area contributed by atoms with Gasteiger partial charge in [0, 0.05) is 42.7 Å². The number of pyridine rings is 1. The van der Waals surface area contributed by atoms with Crippen LogP contribution in [-0.2, 0) is 14.3 Å². The number of hydrogen-bond donors (Lipinski definition) is 1. The lowest BCUT2D eigenvalue weighted by atomic mass is 10.0. The summed E-state index contributed by atoms with van der Waals surface area (Å²) in [5.74, 6) is 2.59. The summed E-state index contributed by atoms with van der Waals surface area (Å²) in [5, 5.41) is 0.787. The van der Waals surface area contributed by atoms with E-state index in [0.29, 0.717) is 22.5 Å². The quantitative estimate of drug-likeness (QED) is 0.436. The van der Waals surface area contributed by atoms with Crippen LogP contribution in [0.5, 0.6) is 0 Å². The third-order valence-electron chi connectivity index (χ3n) is 5.74. The van der Waals surface area contributed by atoms with Gasteiger partial charge >= 0.3 is 12.1 Å². The molecule has 1 saturated heterocycles. The highest BCUT2D eigenvalue weighted by Crippen LogP contribution is 2.31. The Morgan fingerprint density at radius 3 is 2.64 bits per heavy atom. The normalized spacial score (nSPS) is 17.9. The molecule has 1 fully saturated rings. The number of aromatic nitrogens is 3. The number of amides is 1. The topological polar surface area (TPSA) is 111 Å². The number of carbonyl (C=O) groups excluding carboxylic acids is 2. The molecule has 2 aromatic heterocycles. The Balaban J connectivity index is 1.76. The summed E-state index contributed by atoms with van der Waals surface area (Å²) in [6.45, 7) is 4.07. The number of nitrogens with zero attached hydrogens (tertiary/aromatic N) is 4. The van der Waals surface area contributed by atoms with Crippen LogP contribution in [0.25, 0.3) is 22.3 Å². The lowest BCUT2D eigenvalue weighted by Gasteiger charge is -2.22. The van der Waals surface area contributed by atoms with Crippen LogP contribution in [0.15, 0.2) is 36.5 Å². The lowest BCUT2D eigenvalue weighted by molar-refractivity contribution is -0.209. The van der Waals surface area contributed by atoms with E-state index in [1.54, 1.807) is 36.5 Å². The molecule has 0 aliphatic carbocycles. The van der Waals surface area contributed by atoms with Crippen LogP contribution in [0.1, 0.15) is 37.4 Å². The molecule has 2 N–H and O–H groups in total. The van der Waals surface area contributed by atoms with Crippen LogP contribution < -0.4 is 5.73 Å². The van der Waals surface area contributed by atoms with Gasteiger partial charge in [-0.05, 0) is 30.0 Å². The second-order valence-electron chi connectivity index (χ2n) is 8.70. The number of rotatable bonds is 3. The van der Waals surface area contributed by atoms with Gasteiger partial charge in [0.1, 0.15) is 11.3 Å². The molecule has 11 heteroatoms. The summed E-state index contributed by atoms with van der Waals surface area (Å²) in [7, 11) is 1.40. The van der Waals surface area contributed by atoms with Gasteiger partial charge in [0.2, 0.25) is 0 Å². The van der Waals surface area contributed by atoms with Crippen LogP contribution >= 0.6 is 0 Å². The number of anilines is 1. The first-order chi connectivity index (χ1) is 16.9. The van der Waals surface area contributed by atoms with Crippen molar-refractivity contribution in [2.45, 2.75) is 38.0 Å². The van der Waals surface area contributed by atoms with E-state index < -0.39 is 23.7 Å². The molecule has 0 unspecified atom stereocenters. The van der Waals surface area contributed by atoms with Crippen molar-refractivity contribution < 1.29 is 27.5 Å². The van der Waals surface area contributed by atoms with Crippen molar-refractivity contribution in [2.24, 2.45) is 0 Å². The maximum atomic E-state index is 12.9. The third-order valence-corrected chi connectivity index (χ3v) is 5.74. The van der Waals surface area contributed by atoms with Gasteiger partial charge in [-0.2, -0.15) is 13.2 Å². The zero-order valence-corrected chi connectivity index (χ0v) is 19.7. The molecule has 1 atom stereocenters. The summed E-state index contributed by atoms with van der Waals surface area (Å²) in [6, 6.07) is 8.46. The van der Waals surface area contributed by atoms with E-state index in [1.807, 2.05) is 13.8 Å². The fourth-order valence-corrected chi connectivity index (χ4v) is 3.87. The predicted molar refractivity (Wildman–Crippen MR) is 125 cm³/mol. The van der Waals surface area contributed by atoms with E-state index in [0.717, 1.165) is 11.1 Å². The standard InChI is InChI=1S/C25H22F3N5O3/c1-14(2)18-17-8-11-30-20(29)19(17)32-21(31-18)16-6-4-5-15(13-16)7-9-24(10-12-33(3)22(24)34)36-23(35)25(26,27)28/h4-6,8,11,13-14H,10,12H2,1-3H3,(H2,29,30)/t24-/m0/s1. The fraction of sp³-hybridized carbons (Fsp3) is 0.320. The Kier molecular flexibility index (Phi) is 6.30. The number of fused-ring (bicyclic) bond motifs is 1. The van der Waals surface area contributed by atoms with E-state index in [4.69, 9.17) is 10.7 Å². The number of alkyl halides is 3. The highest BCUT2D eigenvalue weighted by Gasteiger charge is 2.53. The number of esters is 1. The molecular weight excluding hydrogens is 475 g/mol. The van der Waals surface area contributed by atoms with Crippen molar-refractivity contribution in [3.05, 3.63) is 47.8 Å². The van der Waals surface area contributed by atoms with Crippen molar-refractivity contribution in [3.8, 4) is 23.2 Å². The second-order valence-corrected chi connectivity index (χ2v) is 8.70. The summed E-state index contributed by atoms with van der Waals surface area (Å²) in [6.07, 6.45) is -3.85. The number of carbonyl (C=O) groups is 2. The molecule has 3 aromatic rings. The Morgan fingerprint density at radius 1 is 1.25 bits per heavy atom. The summed E-state index contributed by atoms with van der Waals surface area (Å²) in [5.41, 5.74) is 6.04. The SMILES string of the molecule is CC(C)c1nc(-c2cccc(C#C[C@]3(OC(=O)C(F)(F)F)CCN(C)C3=O)c2)nc2c(N)nccc12. The number of likely N-dealkylation sites (tertiary alicyclic amines) is 1. The predicted octanol–water partition coefficient (Wildman–Crippen LogP) is 3.46.